The summed E-state index contributed by atoms with van der Waals surface area (Å²) in [6.07, 6.45) is -2.31. The minimum atomic E-state index is -1.95. The van der Waals surface area contributed by atoms with Crippen LogP contribution in [0, 0.1) is 22.0 Å². The number of hydrogen-bond donors (Lipinski definition) is 1. The average Bonchev–Trinajstić information content (AvgIpc) is 2.78. The van der Waals surface area contributed by atoms with E-state index >= 15 is 0 Å². The molecule has 0 aliphatic carbocycles. The van der Waals surface area contributed by atoms with Crippen molar-refractivity contribution in [2.75, 3.05) is 0 Å². The smallest absolute Gasteiger partial charge is 0.337 e. The molecule has 2 unspecified atom stereocenters. The monoisotopic (exact) mass is 662 g/mol. The van der Waals surface area contributed by atoms with Crippen LogP contribution in [0.25, 0.3) is 0 Å². The Kier molecular flexibility index (Phi) is 11.3. The zero-order chi connectivity index (χ0) is 30.0. The van der Waals surface area contributed by atoms with E-state index in [0.717, 1.165) is 0 Å². The summed E-state index contributed by atoms with van der Waals surface area (Å²) in [5.41, 5.74) is 0.543. The van der Waals surface area contributed by atoms with Crippen molar-refractivity contribution in [1.29, 1.82) is 0 Å². The Morgan fingerprint density at radius 3 is 1.62 bits per heavy atom. The van der Waals surface area contributed by atoms with Crippen molar-refractivity contribution < 1.29 is 24.0 Å². The normalized spacial score (nSPS) is 18.2. The molecule has 1 heterocycles. The molecule has 0 fully saturated rings. The van der Waals surface area contributed by atoms with Crippen LogP contribution in [0.5, 0.6) is 0 Å². The number of nitro benzene ring substituents is 1. The standard InChI is InChI=1S/C25H28Cl6N2O6/c1-11(2)20(24(26,27)28)38-22(34)17-13(5)32-14(6)18(23(35)39-21(12(3)4)25(29,30)31)19(17)15-8-7-9-16(10-15)33(36)37/h7-12,19-21,32H,1-6H3. The molecule has 8 nitrogen and oxygen atoms in total. The molecule has 0 bridgehead atoms. The van der Waals surface area contributed by atoms with Crippen molar-refractivity contribution in [3.63, 3.8) is 0 Å². The van der Waals surface area contributed by atoms with E-state index in [1.165, 1.54) is 24.3 Å². The van der Waals surface area contributed by atoms with Gasteiger partial charge in [-0.3, -0.25) is 10.1 Å². The van der Waals surface area contributed by atoms with E-state index in [1.807, 2.05) is 0 Å². The predicted octanol–water partition coefficient (Wildman–Crippen LogP) is 7.71. The number of benzene rings is 1. The Morgan fingerprint density at radius 1 is 0.872 bits per heavy atom. The van der Waals surface area contributed by atoms with Gasteiger partial charge in [-0.05, 0) is 31.2 Å². The summed E-state index contributed by atoms with van der Waals surface area (Å²) >= 11 is 36.5. The number of non-ortho nitro benzene ring substituents is 1. The van der Waals surface area contributed by atoms with Gasteiger partial charge in [-0.2, -0.15) is 0 Å². The van der Waals surface area contributed by atoms with Crippen LogP contribution >= 0.6 is 69.6 Å². The molecule has 0 saturated heterocycles. The van der Waals surface area contributed by atoms with Gasteiger partial charge in [0.15, 0.2) is 12.2 Å². The maximum absolute atomic E-state index is 13.7. The third-order valence-corrected chi connectivity index (χ3v) is 7.23. The molecule has 1 N–H and O–H groups in total. The highest BCUT2D eigenvalue weighted by Gasteiger charge is 2.45. The highest BCUT2D eigenvalue weighted by Crippen LogP contribution is 2.44. The number of rotatable bonds is 8. The van der Waals surface area contributed by atoms with Gasteiger partial charge in [-0.15, -0.1) is 0 Å². The van der Waals surface area contributed by atoms with Gasteiger partial charge in [0.2, 0.25) is 7.59 Å². The first-order valence-corrected chi connectivity index (χ1v) is 14.0. The van der Waals surface area contributed by atoms with Crippen molar-refractivity contribution in [3.8, 4) is 0 Å². The Morgan fingerprint density at radius 2 is 1.28 bits per heavy atom. The van der Waals surface area contributed by atoms with Gasteiger partial charge in [0, 0.05) is 23.5 Å². The lowest BCUT2D eigenvalue weighted by Gasteiger charge is -2.34. The quantitative estimate of drug-likeness (QED) is 0.131. The summed E-state index contributed by atoms with van der Waals surface area (Å²) in [6, 6.07) is 5.50. The number of halogens is 6. The lowest BCUT2D eigenvalue weighted by molar-refractivity contribution is -0.384. The molecule has 0 spiro atoms. The first kappa shape index (κ1) is 33.8. The Labute approximate surface area is 257 Å². The Hall–Kier alpha value is -1.42. The number of allylic oxidation sites excluding steroid dienone is 2. The highest BCUT2D eigenvalue weighted by molar-refractivity contribution is 6.68. The van der Waals surface area contributed by atoms with Crippen molar-refractivity contribution in [2.45, 2.75) is 67.3 Å². The number of dihydropyridines is 1. The number of ether oxygens (including phenoxy) is 2. The van der Waals surface area contributed by atoms with Crippen LogP contribution in [0.4, 0.5) is 5.69 Å². The van der Waals surface area contributed by atoms with Gasteiger partial charge in [0.1, 0.15) is 0 Å². The minimum absolute atomic E-state index is 0.0390. The predicted molar refractivity (Wildman–Crippen MR) is 154 cm³/mol. The third-order valence-electron chi connectivity index (χ3n) is 5.94. The molecule has 1 aliphatic heterocycles. The summed E-state index contributed by atoms with van der Waals surface area (Å²) in [6.45, 7) is 9.98. The van der Waals surface area contributed by atoms with Gasteiger partial charge in [-0.1, -0.05) is 109 Å². The fourth-order valence-corrected chi connectivity index (χ4v) is 5.98. The van der Waals surface area contributed by atoms with Crippen LogP contribution in [-0.4, -0.2) is 36.7 Å². The number of carbonyl (C=O) groups excluding carboxylic acids is 2. The van der Waals surface area contributed by atoms with E-state index in [9.17, 15) is 19.7 Å². The molecule has 2 rings (SSSR count). The van der Waals surface area contributed by atoms with E-state index in [4.69, 9.17) is 79.1 Å². The van der Waals surface area contributed by atoms with Crippen LogP contribution in [0.2, 0.25) is 0 Å². The molecule has 14 heteroatoms. The zero-order valence-electron chi connectivity index (χ0n) is 21.9. The molecule has 0 saturated carbocycles. The maximum Gasteiger partial charge on any atom is 0.337 e. The third kappa shape index (κ3) is 8.30. The zero-order valence-corrected chi connectivity index (χ0v) is 26.4. The molecule has 216 valence electrons. The number of alkyl halides is 6. The second-order valence-electron chi connectivity index (χ2n) is 9.71. The maximum atomic E-state index is 13.7. The van der Waals surface area contributed by atoms with Crippen molar-refractivity contribution in [3.05, 3.63) is 62.5 Å². The summed E-state index contributed by atoms with van der Waals surface area (Å²) in [5, 5.41) is 14.5. The van der Waals surface area contributed by atoms with E-state index in [0.29, 0.717) is 11.4 Å². The molecule has 0 aromatic heterocycles. The van der Waals surface area contributed by atoms with Crippen LogP contribution in [0.1, 0.15) is 53.0 Å². The van der Waals surface area contributed by atoms with Crippen LogP contribution in [0.3, 0.4) is 0 Å². The number of nitrogens with zero attached hydrogens (tertiary/aromatic N) is 1. The average molecular weight is 665 g/mol. The Bertz CT molecular complexity index is 1120. The Balaban J connectivity index is 2.72. The lowest BCUT2D eigenvalue weighted by Crippen LogP contribution is -2.40. The van der Waals surface area contributed by atoms with Crippen LogP contribution in [-0.2, 0) is 19.1 Å². The van der Waals surface area contributed by atoms with E-state index in [2.05, 4.69) is 5.32 Å². The van der Waals surface area contributed by atoms with Gasteiger partial charge in [-0.25, -0.2) is 9.59 Å². The molecule has 1 aromatic carbocycles. The molecule has 1 aliphatic rings. The molecule has 0 amide bonds. The molecule has 2 atom stereocenters. The molecule has 0 radical (unpaired) electrons. The van der Waals surface area contributed by atoms with Crippen molar-refractivity contribution in [1.82, 2.24) is 5.32 Å². The molecule has 39 heavy (non-hydrogen) atoms. The van der Waals surface area contributed by atoms with Gasteiger partial charge >= 0.3 is 11.9 Å². The first-order chi connectivity index (χ1) is 17.8. The summed E-state index contributed by atoms with van der Waals surface area (Å²) in [7, 11) is 0. The van der Waals surface area contributed by atoms with E-state index in [-0.39, 0.29) is 22.4 Å². The van der Waals surface area contributed by atoms with E-state index in [1.54, 1.807) is 41.5 Å². The first-order valence-electron chi connectivity index (χ1n) is 11.8. The van der Waals surface area contributed by atoms with Gasteiger partial charge in [0.25, 0.3) is 5.69 Å². The summed E-state index contributed by atoms with van der Waals surface area (Å²) in [4.78, 5) is 38.3. The summed E-state index contributed by atoms with van der Waals surface area (Å²) in [5.74, 6) is -3.76. The van der Waals surface area contributed by atoms with Crippen molar-refractivity contribution in [2.24, 2.45) is 11.8 Å². The molecule has 1 aromatic rings. The molecular weight excluding hydrogens is 637 g/mol. The lowest BCUT2D eigenvalue weighted by atomic mass is 9.80. The number of hydrogen-bond acceptors (Lipinski definition) is 7. The molecular formula is C25H28Cl6N2O6. The number of nitrogens with one attached hydrogen (secondary N) is 1. The van der Waals surface area contributed by atoms with E-state index < -0.39 is 54.4 Å². The minimum Gasteiger partial charge on any atom is -0.454 e. The second kappa shape index (κ2) is 13.0. The second-order valence-corrected chi connectivity index (χ2v) is 14.4. The van der Waals surface area contributed by atoms with Crippen LogP contribution < -0.4 is 5.32 Å². The van der Waals surface area contributed by atoms with Crippen molar-refractivity contribution >= 4 is 87.2 Å². The SMILES string of the molecule is CC1=C(C(=O)OC(C(C)C)C(Cl)(Cl)Cl)C(c2cccc([N+](=O)[O-])c2)C(C(=O)OC(C(C)C)C(Cl)(Cl)Cl)=C(C)N1. The largest absolute Gasteiger partial charge is 0.454 e. The van der Waals surface area contributed by atoms with Crippen LogP contribution in [0.15, 0.2) is 46.8 Å². The topological polar surface area (TPSA) is 108 Å². The van der Waals surface area contributed by atoms with Gasteiger partial charge < -0.3 is 14.8 Å². The number of esters is 2. The summed E-state index contributed by atoms with van der Waals surface area (Å²) < 4.78 is 7.39. The number of nitro groups is 1. The highest BCUT2D eigenvalue weighted by atomic mass is 35.6. The fraction of sp³-hybridized carbons (Fsp3) is 0.520. The number of carbonyl (C=O) groups is 2. The van der Waals surface area contributed by atoms with Gasteiger partial charge in [0.05, 0.1) is 22.0 Å². The fourth-order valence-electron chi connectivity index (χ4n) is 4.21.